The molecule has 0 spiro atoms. The zero-order chi connectivity index (χ0) is 19.5. The number of halogens is 1. The van der Waals surface area contributed by atoms with Gasteiger partial charge in [0.25, 0.3) is 0 Å². The Morgan fingerprint density at radius 1 is 1.29 bits per heavy atom. The van der Waals surface area contributed by atoms with Crippen LogP contribution in [0.3, 0.4) is 0 Å². The van der Waals surface area contributed by atoms with E-state index in [-0.39, 0.29) is 30.1 Å². The average molecular weight is 505 g/mol. The Morgan fingerprint density at radius 2 is 2.11 bits per heavy atom. The lowest BCUT2D eigenvalue weighted by molar-refractivity contribution is -0.00835. The van der Waals surface area contributed by atoms with Gasteiger partial charge in [0.1, 0.15) is 6.10 Å². The Labute approximate surface area is 187 Å². The number of morpholine rings is 1. The summed E-state index contributed by atoms with van der Waals surface area (Å²) in [6.45, 7) is 12.4. The molecule has 1 atom stereocenters. The second kappa shape index (κ2) is 14.1. The highest BCUT2D eigenvalue weighted by molar-refractivity contribution is 14.0. The molecule has 1 heterocycles. The van der Waals surface area contributed by atoms with E-state index in [1.54, 1.807) is 7.11 Å². The minimum absolute atomic E-state index is 0. The van der Waals surface area contributed by atoms with E-state index in [2.05, 4.69) is 49.2 Å². The Bertz CT molecular complexity index is 598. The summed E-state index contributed by atoms with van der Waals surface area (Å²) in [7, 11) is 1.68. The van der Waals surface area contributed by atoms with E-state index in [0.717, 1.165) is 38.6 Å². The molecule has 1 fully saturated rings. The van der Waals surface area contributed by atoms with Crippen molar-refractivity contribution in [2.45, 2.75) is 33.3 Å². The molecule has 0 aliphatic carbocycles. The molecule has 2 rings (SSSR count). The number of hydrogen-bond acceptors (Lipinski definition) is 4. The van der Waals surface area contributed by atoms with Crippen molar-refractivity contribution >= 4 is 29.9 Å². The fourth-order valence-corrected chi connectivity index (χ4v) is 3.24. The van der Waals surface area contributed by atoms with Crippen molar-refractivity contribution in [1.82, 2.24) is 10.2 Å². The van der Waals surface area contributed by atoms with Crippen LogP contribution in [0.2, 0.25) is 0 Å². The van der Waals surface area contributed by atoms with Gasteiger partial charge in [-0.15, -0.1) is 24.0 Å². The van der Waals surface area contributed by atoms with Gasteiger partial charge in [-0.05, 0) is 38.3 Å². The molecule has 28 heavy (non-hydrogen) atoms. The highest BCUT2D eigenvalue weighted by atomic mass is 127. The SMILES string of the molecule is CCNC(=NCCCOCCOC)N1CCOC(c2ccc(C)cc2C)C1.I. The minimum atomic E-state index is 0. The van der Waals surface area contributed by atoms with Gasteiger partial charge in [-0.2, -0.15) is 0 Å². The van der Waals surface area contributed by atoms with Crippen LogP contribution in [0.1, 0.15) is 36.1 Å². The number of methoxy groups -OCH3 is 1. The van der Waals surface area contributed by atoms with Crippen molar-refractivity contribution in [3.63, 3.8) is 0 Å². The maximum Gasteiger partial charge on any atom is 0.194 e. The quantitative estimate of drug-likeness (QED) is 0.242. The van der Waals surface area contributed by atoms with Crippen LogP contribution in [0.15, 0.2) is 23.2 Å². The predicted molar refractivity (Wildman–Crippen MR) is 125 cm³/mol. The van der Waals surface area contributed by atoms with E-state index in [1.165, 1.54) is 16.7 Å². The molecule has 1 unspecified atom stereocenters. The standard InChI is InChI=1S/C21H35N3O3.HI/c1-5-22-21(23-9-6-11-26-14-13-25-4)24-10-12-27-20(16-24)19-8-7-17(2)15-18(19)3;/h7-8,15,20H,5-6,9-14,16H2,1-4H3,(H,22,23);1H. The highest BCUT2D eigenvalue weighted by Gasteiger charge is 2.25. The fourth-order valence-electron chi connectivity index (χ4n) is 3.24. The third-order valence-electron chi connectivity index (χ3n) is 4.61. The minimum Gasteiger partial charge on any atom is -0.382 e. The molecule has 0 aromatic heterocycles. The summed E-state index contributed by atoms with van der Waals surface area (Å²) < 4.78 is 16.6. The fraction of sp³-hybridized carbons (Fsp3) is 0.667. The molecule has 0 bridgehead atoms. The smallest absolute Gasteiger partial charge is 0.194 e. The van der Waals surface area contributed by atoms with Crippen molar-refractivity contribution in [3.05, 3.63) is 34.9 Å². The van der Waals surface area contributed by atoms with Crippen molar-refractivity contribution in [2.75, 3.05) is 59.7 Å². The lowest BCUT2D eigenvalue weighted by atomic mass is 10.00. The number of rotatable bonds is 9. The number of hydrogen-bond donors (Lipinski definition) is 1. The lowest BCUT2D eigenvalue weighted by Crippen LogP contribution is -2.48. The molecule has 1 N–H and O–H groups in total. The van der Waals surface area contributed by atoms with Crippen molar-refractivity contribution in [1.29, 1.82) is 0 Å². The molecule has 6 nitrogen and oxygen atoms in total. The van der Waals surface area contributed by atoms with Gasteiger partial charge in [-0.3, -0.25) is 4.99 Å². The van der Waals surface area contributed by atoms with Crippen molar-refractivity contribution in [3.8, 4) is 0 Å². The lowest BCUT2D eigenvalue weighted by Gasteiger charge is -2.36. The summed E-state index contributed by atoms with van der Waals surface area (Å²) in [5.41, 5.74) is 3.84. The van der Waals surface area contributed by atoms with Crippen LogP contribution >= 0.6 is 24.0 Å². The van der Waals surface area contributed by atoms with Gasteiger partial charge in [0, 0.05) is 33.4 Å². The molecule has 0 saturated carbocycles. The molecule has 1 aromatic carbocycles. The summed E-state index contributed by atoms with van der Waals surface area (Å²) >= 11 is 0. The number of ether oxygens (including phenoxy) is 3. The van der Waals surface area contributed by atoms with Gasteiger partial charge >= 0.3 is 0 Å². The number of aliphatic imine (C=N–C) groups is 1. The monoisotopic (exact) mass is 505 g/mol. The van der Waals surface area contributed by atoms with E-state index in [0.29, 0.717) is 26.4 Å². The summed E-state index contributed by atoms with van der Waals surface area (Å²) in [6, 6.07) is 6.58. The van der Waals surface area contributed by atoms with Crippen molar-refractivity contribution < 1.29 is 14.2 Å². The molecular formula is C21H36IN3O3. The molecule has 1 aromatic rings. The first-order chi connectivity index (χ1) is 13.2. The van der Waals surface area contributed by atoms with Gasteiger partial charge in [-0.1, -0.05) is 23.8 Å². The van der Waals surface area contributed by atoms with Crippen LogP contribution < -0.4 is 5.32 Å². The maximum atomic E-state index is 6.07. The Morgan fingerprint density at radius 3 is 2.82 bits per heavy atom. The molecule has 0 amide bonds. The van der Waals surface area contributed by atoms with Crippen LogP contribution in [0.4, 0.5) is 0 Å². The topological polar surface area (TPSA) is 55.3 Å². The largest absolute Gasteiger partial charge is 0.382 e. The molecule has 7 heteroatoms. The van der Waals surface area contributed by atoms with Gasteiger partial charge in [0.05, 0.1) is 26.4 Å². The van der Waals surface area contributed by atoms with Crippen LogP contribution in [-0.4, -0.2) is 70.6 Å². The Kier molecular flexibility index (Phi) is 12.7. The zero-order valence-electron chi connectivity index (χ0n) is 17.7. The average Bonchev–Trinajstić information content (AvgIpc) is 2.66. The third-order valence-corrected chi connectivity index (χ3v) is 4.61. The maximum absolute atomic E-state index is 6.07. The van der Waals surface area contributed by atoms with Gasteiger partial charge < -0.3 is 24.4 Å². The second-order valence-corrected chi connectivity index (χ2v) is 6.86. The van der Waals surface area contributed by atoms with Gasteiger partial charge in [0.2, 0.25) is 0 Å². The molecule has 1 saturated heterocycles. The van der Waals surface area contributed by atoms with Crippen LogP contribution in [0, 0.1) is 13.8 Å². The van der Waals surface area contributed by atoms with E-state index in [9.17, 15) is 0 Å². The molecular weight excluding hydrogens is 469 g/mol. The first kappa shape index (κ1) is 25.1. The summed E-state index contributed by atoms with van der Waals surface area (Å²) in [5.74, 6) is 0.965. The van der Waals surface area contributed by atoms with E-state index in [4.69, 9.17) is 19.2 Å². The van der Waals surface area contributed by atoms with E-state index < -0.39 is 0 Å². The molecule has 160 valence electrons. The molecule has 1 aliphatic heterocycles. The zero-order valence-corrected chi connectivity index (χ0v) is 20.0. The second-order valence-electron chi connectivity index (χ2n) is 6.86. The number of nitrogens with zero attached hydrogens (tertiary/aromatic N) is 2. The normalized spacial score (nSPS) is 17.4. The van der Waals surface area contributed by atoms with Crippen LogP contribution in [0.5, 0.6) is 0 Å². The summed E-state index contributed by atoms with van der Waals surface area (Å²) in [5, 5.41) is 3.42. The summed E-state index contributed by atoms with van der Waals surface area (Å²) in [4.78, 5) is 7.09. The molecule has 0 radical (unpaired) electrons. The van der Waals surface area contributed by atoms with Gasteiger partial charge in [-0.25, -0.2) is 0 Å². The summed E-state index contributed by atoms with van der Waals surface area (Å²) in [6.07, 6.45) is 0.990. The van der Waals surface area contributed by atoms with E-state index >= 15 is 0 Å². The van der Waals surface area contributed by atoms with Crippen LogP contribution in [0.25, 0.3) is 0 Å². The van der Waals surface area contributed by atoms with Gasteiger partial charge in [0.15, 0.2) is 5.96 Å². The predicted octanol–water partition coefficient (Wildman–Crippen LogP) is 3.31. The first-order valence-corrected chi connectivity index (χ1v) is 9.94. The van der Waals surface area contributed by atoms with Crippen LogP contribution in [-0.2, 0) is 14.2 Å². The number of guanidine groups is 1. The van der Waals surface area contributed by atoms with Crippen molar-refractivity contribution in [2.24, 2.45) is 4.99 Å². The molecule has 1 aliphatic rings. The highest BCUT2D eigenvalue weighted by Crippen LogP contribution is 2.25. The Balaban J connectivity index is 0.00000392. The first-order valence-electron chi connectivity index (χ1n) is 9.94. The van der Waals surface area contributed by atoms with E-state index in [1.807, 2.05) is 0 Å². The number of nitrogens with one attached hydrogen (secondary N) is 1. The number of benzene rings is 1. The third kappa shape index (κ3) is 8.23. The Hall–Kier alpha value is -0.900. The number of aryl methyl sites for hydroxylation is 2.